The Balaban J connectivity index is 1.88. The van der Waals surface area contributed by atoms with E-state index in [4.69, 9.17) is 11.6 Å². The Morgan fingerprint density at radius 3 is 2.95 bits per heavy atom. The first-order chi connectivity index (χ1) is 9.15. The number of nitrogens with zero attached hydrogens (tertiary/aromatic N) is 1. The van der Waals surface area contributed by atoms with Gasteiger partial charge in [0, 0.05) is 29.5 Å². The normalized spacial score (nSPS) is 12.4. The summed E-state index contributed by atoms with van der Waals surface area (Å²) in [6, 6.07) is 8.12. The van der Waals surface area contributed by atoms with Gasteiger partial charge in [-0.2, -0.15) is 0 Å². The molecule has 5 heteroatoms. The lowest BCUT2D eigenvalue weighted by atomic mass is 10.1. The largest absolute Gasteiger partial charge is 0.392 e. The van der Waals surface area contributed by atoms with Crippen molar-refractivity contribution in [2.75, 3.05) is 5.75 Å². The van der Waals surface area contributed by atoms with Crippen molar-refractivity contribution in [3.63, 3.8) is 0 Å². The van der Waals surface area contributed by atoms with Crippen molar-refractivity contribution in [3.8, 4) is 0 Å². The van der Waals surface area contributed by atoms with Gasteiger partial charge in [-0.1, -0.05) is 17.7 Å². The molecule has 1 aromatic heterocycles. The van der Waals surface area contributed by atoms with E-state index in [0.717, 1.165) is 10.5 Å². The fourth-order valence-electron chi connectivity index (χ4n) is 1.63. The smallest absolute Gasteiger partial charge is 0.124 e. The van der Waals surface area contributed by atoms with E-state index in [0.29, 0.717) is 17.2 Å². The van der Waals surface area contributed by atoms with Crippen LogP contribution in [0.2, 0.25) is 5.02 Å². The number of halogens is 2. The van der Waals surface area contributed by atoms with Gasteiger partial charge in [-0.05, 0) is 29.8 Å². The van der Waals surface area contributed by atoms with E-state index < -0.39 is 6.10 Å². The van der Waals surface area contributed by atoms with Gasteiger partial charge in [0.05, 0.1) is 11.1 Å². The second-order valence-corrected chi connectivity index (χ2v) is 5.59. The number of thioether (sulfide) groups is 1. The van der Waals surface area contributed by atoms with Crippen LogP contribution in [-0.2, 0) is 6.42 Å². The number of hydrogen-bond acceptors (Lipinski definition) is 3. The predicted molar refractivity (Wildman–Crippen MR) is 76.1 cm³/mol. The molecule has 0 amide bonds. The van der Waals surface area contributed by atoms with Crippen molar-refractivity contribution >= 4 is 23.4 Å². The average Bonchev–Trinajstić information content (AvgIpc) is 2.39. The Labute approximate surface area is 120 Å². The molecule has 1 aromatic carbocycles. The minimum atomic E-state index is -0.534. The summed E-state index contributed by atoms with van der Waals surface area (Å²) in [5.41, 5.74) is 0.865. The molecular formula is C14H13ClFNOS. The molecule has 0 aliphatic rings. The zero-order chi connectivity index (χ0) is 13.7. The standard InChI is InChI=1S/C14H13ClFNOS/c15-14-8-17-5-4-10(14)6-12(18)9-19-13-3-1-2-11(16)7-13/h1-5,7-8,12,18H,6,9H2. The van der Waals surface area contributed by atoms with E-state index in [9.17, 15) is 9.50 Å². The van der Waals surface area contributed by atoms with Crippen molar-refractivity contribution in [2.45, 2.75) is 17.4 Å². The first-order valence-corrected chi connectivity index (χ1v) is 7.16. The second kappa shape index (κ2) is 6.89. The summed E-state index contributed by atoms with van der Waals surface area (Å²) in [7, 11) is 0. The summed E-state index contributed by atoms with van der Waals surface area (Å²) in [5.74, 6) is 0.221. The first-order valence-electron chi connectivity index (χ1n) is 5.80. The first kappa shape index (κ1) is 14.3. The molecule has 0 bridgehead atoms. The van der Waals surface area contributed by atoms with Crippen LogP contribution < -0.4 is 0 Å². The highest BCUT2D eigenvalue weighted by atomic mass is 35.5. The summed E-state index contributed by atoms with van der Waals surface area (Å²) < 4.78 is 13.0. The molecule has 1 atom stereocenters. The van der Waals surface area contributed by atoms with Crippen molar-refractivity contribution in [1.82, 2.24) is 4.98 Å². The molecule has 1 heterocycles. The SMILES string of the molecule is OC(CSc1cccc(F)c1)Cc1ccncc1Cl. The van der Waals surface area contributed by atoms with Gasteiger partial charge in [0.2, 0.25) is 0 Å². The lowest BCUT2D eigenvalue weighted by molar-refractivity contribution is 0.200. The van der Waals surface area contributed by atoms with E-state index in [2.05, 4.69) is 4.98 Å². The van der Waals surface area contributed by atoms with Crippen LogP contribution in [0.3, 0.4) is 0 Å². The summed E-state index contributed by atoms with van der Waals surface area (Å²) in [4.78, 5) is 4.70. The van der Waals surface area contributed by atoms with E-state index in [1.54, 1.807) is 24.5 Å². The molecule has 0 aliphatic carbocycles. The van der Waals surface area contributed by atoms with E-state index >= 15 is 0 Å². The Kier molecular flexibility index (Phi) is 5.19. The molecule has 0 saturated heterocycles. The van der Waals surface area contributed by atoms with Crippen LogP contribution in [-0.4, -0.2) is 21.9 Å². The third-order valence-electron chi connectivity index (χ3n) is 2.55. The highest BCUT2D eigenvalue weighted by Crippen LogP contribution is 2.22. The summed E-state index contributed by atoms with van der Waals surface area (Å²) >= 11 is 7.40. The maximum Gasteiger partial charge on any atom is 0.124 e. The van der Waals surface area contributed by atoms with Crippen LogP contribution in [0.5, 0.6) is 0 Å². The number of aliphatic hydroxyl groups is 1. The highest BCUT2D eigenvalue weighted by Gasteiger charge is 2.09. The molecule has 1 N–H and O–H groups in total. The number of benzene rings is 1. The Morgan fingerprint density at radius 2 is 2.21 bits per heavy atom. The van der Waals surface area contributed by atoms with E-state index in [-0.39, 0.29) is 5.82 Å². The van der Waals surface area contributed by atoms with Crippen molar-refractivity contribution in [1.29, 1.82) is 0 Å². The fraction of sp³-hybridized carbons (Fsp3) is 0.214. The predicted octanol–water partition coefficient (Wildman–Crippen LogP) is 3.57. The van der Waals surface area contributed by atoms with Crippen LogP contribution in [0, 0.1) is 5.82 Å². The molecule has 0 fully saturated rings. The third kappa shape index (κ3) is 4.49. The van der Waals surface area contributed by atoms with Gasteiger partial charge in [0.25, 0.3) is 0 Å². The minimum Gasteiger partial charge on any atom is -0.392 e. The van der Waals surface area contributed by atoms with Gasteiger partial charge in [0.1, 0.15) is 5.82 Å². The van der Waals surface area contributed by atoms with Gasteiger partial charge >= 0.3 is 0 Å². The average molecular weight is 298 g/mol. The van der Waals surface area contributed by atoms with Crippen LogP contribution >= 0.6 is 23.4 Å². The van der Waals surface area contributed by atoms with Gasteiger partial charge in [0.15, 0.2) is 0 Å². The lowest BCUT2D eigenvalue weighted by Gasteiger charge is -2.11. The molecule has 0 spiro atoms. The topological polar surface area (TPSA) is 33.1 Å². The molecule has 2 nitrogen and oxygen atoms in total. The van der Waals surface area contributed by atoms with E-state index in [1.165, 1.54) is 23.9 Å². The van der Waals surface area contributed by atoms with Gasteiger partial charge in [-0.3, -0.25) is 4.98 Å². The maximum atomic E-state index is 13.0. The fourth-order valence-corrected chi connectivity index (χ4v) is 2.70. The summed E-state index contributed by atoms with van der Waals surface area (Å²) in [5, 5.41) is 10.5. The molecule has 0 saturated carbocycles. The van der Waals surface area contributed by atoms with Crippen LogP contribution in [0.4, 0.5) is 4.39 Å². The third-order valence-corrected chi connectivity index (χ3v) is 4.03. The molecule has 2 rings (SSSR count). The zero-order valence-electron chi connectivity index (χ0n) is 10.1. The Bertz CT molecular complexity index is 552. The summed E-state index contributed by atoms with van der Waals surface area (Å²) in [6.45, 7) is 0. The van der Waals surface area contributed by atoms with Crippen LogP contribution in [0.15, 0.2) is 47.6 Å². The Morgan fingerprint density at radius 1 is 1.37 bits per heavy atom. The second-order valence-electron chi connectivity index (χ2n) is 4.09. The van der Waals surface area contributed by atoms with Crippen molar-refractivity contribution in [3.05, 3.63) is 59.1 Å². The quantitative estimate of drug-likeness (QED) is 0.857. The minimum absolute atomic E-state index is 0.267. The van der Waals surface area contributed by atoms with Gasteiger partial charge < -0.3 is 5.11 Å². The highest BCUT2D eigenvalue weighted by molar-refractivity contribution is 7.99. The Hall–Kier alpha value is -1.10. The van der Waals surface area contributed by atoms with Crippen LogP contribution in [0.1, 0.15) is 5.56 Å². The number of rotatable bonds is 5. The maximum absolute atomic E-state index is 13.0. The lowest BCUT2D eigenvalue weighted by Crippen LogP contribution is -2.13. The monoisotopic (exact) mass is 297 g/mol. The van der Waals surface area contributed by atoms with Crippen molar-refractivity contribution < 1.29 is 9.50 Å². The van der Waals surface area contributed by atoms with Crippen LogP contribution in [0.25, 0.3) is 0 Å². The summed E-state index contributed by atoms with van der Waals surface area (Å²) in [6.07, 6.45) is 3.13. The number of pyridine rings is 1. The number of aromatic nitrogens is 1. The molecule has 0 aliphatic heterocycles. The van der Waals surface area contributed by atoms with Gasteiger partial charge in [-0.25, -0.2) is 4.39 Å². The molecular weight excluding hydrogens is 285 g/mol. The number of hydrogen-bond donors (Lipinski definition) is 1. The molecule has 2 aromatic rings. The molecule has 1 unspecified atom stereocenters. The molecule has 0 radical (unpaired) electrons. The molecule has 100 valence electrons. The van der Waals surface area contributed by atoms with E-state index in [1.807, 2.05) is 6.07 Å². The zero-order valence-corrected chi connectivity index (χ0v) is 11.7. The molecule has 19 heavy (non-hydrogen) atoms. The van der Waals surface area contributed by atoms with Gasteiger partial charge in [-0.15, -0.1) is 11.8 Å². The van der Waals surface area contributed by atoms with Crippen molar-refractivity contribution in [2.24, 2.45) is 0 Å². The number of aliphatic hydroxyl groups excluding tert-OH is 1.